The molecule has 20 heavy (non-hydrogen) atoms. The number of amides is 1. The first-order chi connectivity index (χ1) is 9.27. The topological polar surface area (TPSA) is 46.3 Å². The highest BCUT2D eigenvalue weighted by Crippen LogP contribution is 2.42. The molecule has 1 saturated heterocycles. The maximum atomic E-state index is 12.6. The molecule has 3 nitrogen and oxygen atoms in total. The van der Waals surface area contributed by atoms with E-state index in [1.54, 1.807) is 0 Å². The average Bonchev–Trinajstić information content (AvgIpc) is 2.87. The van der Waals surface area contributed by atoms with Crippen molar-refractivity contribution in [3.8, 4) is 0 Å². The Morgan fingerprint density at radius 2 is 1.70 bits per heavy atom. The Labute approximate surface area is 121 Å². The molecule has 2 N–H and O–H groups in total. The zero-order valence-electron chi connectivity index (χ0n) is 11.2. The summed E-state index contributed by atoms with van der Waals surface area (Å²) in [5, 5.41) is 0. The van der Waals surface area contributed by atoms with Gasteiger partial charge < -0.3 is 10.6 Å². The van der Waals surface area contributed by atoms with Gasteiger partial charge in [0, 0.05) is 13.1 Å². The van der Waals surface area contributed by atoms with Gasteiger partial charge in [0.2, 0.25) is 5.91 Å². The second-order valence-electron chi connectivity index (χ2n) is 5.76. The predicted octanol–water partition coefficient (Wildman–Crippen LogP) is 2.63. The van der Waals surface area contributed by atoms with Gasteiger partial charge in [0.25, 0.3) is 0 Å². The fourth-order valence-corrected chi connectivity index (χ4v) is 3.55. The van der Waals surface area contributed by atoms with E-state index in [1.807, 2.05) is 0 Å². The first-order valence-electron chi connectivity index (χ1n) is 6.93. The molecule has 1 aliphatic heterocycles. The second-order valence-corrected chi connectivity index (χ2v) is 6.20. The maximum absolute atomic E-state index is 12.6. The number of thiocarbonyl (C=S) groups is 1. The lowest BCUT2D eigenvalue weighted by Crippen LogP contribution is -2.52. The molecule has 2 rings (SSSR count). The van der Waals surface area contributed by atoms with E-state index in [4.69, 9.17) is 18.0 Å². The monoisotopic (exact) mass is 308 g/mol. The van der Waals surface area contributed by atoms with Crippen LogP contribution in [0.4, 0.5) is 13.2 Å². The number of piperidine rings is 1. The van der Waals surface area contributed by atoms with Crippen LogP contribution in [0.25, 0.3) is 0 Å². The Bertz CT molecular complexity index is 397. The van der Waals surface area contributed by atoms with Crippen molar-refractivity contribution in [1.29, 1.82) is 0 Å². The van der Waals surface area contributed by atoms with Crippen molar-refractivity contribution in [3.05, 3.63) is 0 Å². The van der Waals surface area contributed by atoms with Crippen LogP contribution in [-0.4, -0.2) is 35.1 Å². The highest BCUT2D eigenvalue weighted by Gasteiger charge is 2.48. The Balaban J connectivity index is 2.03. The number of halogens is 3. The quantitative estimate of drug-likeness (QED) is 0.798. The molecule has 0 radical (unpaired) electrons. The molecule has 2 fully saturated rings. The molecular formula is C13H19F3N2OS. The molecule has 0 aromatic rings. The van der Waals surface area contributed by atoms with Gasteiger partial charge in [0.05, 0.1) is 16.3 Å². The van der Waals surface area contributed by atoms with Gasteiger partial charge in [0.15, 0.2) is 0 Å². The number of hydrogen-bond acceptors (Lipinski definition) is 2. The van der Waals surface area contributed by atoms with E-state index in [0.29, 0.717) is 12.8 Å². The third-order valence-corrected chi connectivity index (χ3v) is 4.97. The van der Waals surface area contributed by atoms with Crippen molar-refractivity contribution >= 4 is 23.1 Å². The van der Waals surface area contributed by atoms with Crippen molar-refractivity contribution in [2.24, 2.45) is 17.1 Å². The van der Waals surface area contributed by atoms with Gasteiger partial charge in [-0.15, -0.1) is 0 Å². The van der Waals surface area contributed by atoms with Crippen LogP contribution in [0.5, 0.6) is 0 Å². The van der Waals surface area contributed by atoms with Crippen LogP contribution in [0.2, 0.25) is 0 Å². The second kappa shape index (κ2) is 5.50. The van der Waals surface area contributed by atoms with Gasteiger partial charge >= 0.3 is 6.18 Å². The minimum atomic E-state index is -4.16. The minimum absolute atomic E-state index is 0.0251. The molecule has 7 heteroatoms. The van der Waals surface area contributed by atoms with Gasteiger partial charge in [-0.1, -0.05) is 25.1 Å². The molecule has 2 aliphatic rings. The van der Waals surface area contributed by atoms with Crippen molar-refractivity contribution in [2.45, 2.75) is 44.7 Å². The van der Waals surface area contributed by atoms with Crippen molar-refractivity contribution < 1.29 is 18.0 Å². The summed E-state index contributed by atoms with van der Waals surface area (Å²) in [6.45, 7) is 0.292. The Hall–Kier alpha value is -0.850. The van der Waals surface area contributed by atoms with Crippen LogP contribution in [0.3, 0.4) is 0 Å². The Morgan fingerprint density at radius 3 is 2.10 bits per heavy atom. The third kappa shape index (κ3) is 2.77. The summed E-state index contributed by atoms with van der Waals surface area (Å²) in [4.78, 5) is 14.3. The number of carbonyl (C=O) groups is 1. The molecule has 0 aromatic heterocycles. The summed E-state index contributed by atoms with van der Waals surface area (Å²) in [5.74, 6) is -1.46. The summed E-state index contributed by atoms with van der Waals surface area (Å²) in [6, 6.07) is 0. The summed E-state index contributed by atoms with van der Waals surface area (Å²) in [7, 11) is 0. The SMILES string of the molecule is NC(=S)C1(C(=O)N2CCC(C(F)(F)F)CC2)CCCC1. The van der Waals surface area contributed by atoms with Crippen LogP contribution in [0.1, 0.15) is 38.5 Å². The van der Waals surface area contributed by atoms with E-state index in [9.17, 15) is 18.0 Å². The normalized spacial score (nSPS) is 23.9. The van der Waals surface area contributed by atoms with E-state index >= 15 is 0 Å². The van der Waals surface area contributed by atoms with Crippen LogP contribution in [0, 0.1) is 11.3 Å². The molecule has 0 bridgehead atoms. The Kier molecular flexibility index (Phi) is 4.27. The molecule has 0 unspecified atom stereocenters. The van der Waals surface area contributed by atoms with E-state index in [2.05, 4.69) is 0 Å². The van der Waals surface area contributed by atoms with Crippen molar-refractivity contribution in [2.75, 3.05) is 13.1 Å². The Morgan fingerprint density at radius 1 is 1.20 bits per heavy atom. The van der Waals surface area contributed by atoms with Gasteiger partial charge in [-0.05, 0) is 25.7 Å². The molecular weight excluding hydrogens is 289 g/mol. The number of nitrogens with two attached hydrogens (primary N) is 1. The number of hydrogen-bond donors (Lipinski definition) is 1. The standard InChI is InChI=1S/C13H19F3N2OS/c14-13(15,16)9-3-7-18(8-4-9)11(19)12(10(17)20)5-1-2-6-12/h9H,1-8H2,(H2,17,20). The predicted molar refractivity (Wildman–Crippen MR) is 73.0 cm³/mol. The molecule has 0 spiro atoms. The molecule has 1 aliphatic carbocycles. The van der Waals surface area contributed by atoms with Crippen molar-refractivity contribution in [3.63, 3.8) is 0 Å². The fourth-order valence-electron chi connectivity index (χ4n) is 3.26. The zero-order valence-corrected chi connectivity index (χ0v) is 12.0. The minimum Gasteiger partial charge on any atom is -0.392 e. The molecule has 1 saturated carbocycles. The fraction of sp³-hybridized carbons (Fsp3) is 0.846. The van der Waals surface area contributed by atoms with E-state index in [0.717, 1.165) is 12.8 Å². The van der Waals surface area contributed by atoms with Crippen molar-refractivity contribution in [1.82, 2.24) is 4.90 Å². The lowest BCUT2D eigenvalue weighted by atomic mass is 9.83. The van der Waals surface area contributed by atoms with Gasteiger partial charge in [-0.2, -0.15) is 13.2 Å². The highest BCUT2D eigenvalue weighted by atomic mass is 32.1. The third-order valence-electron chi connectivity index (χ3n) is 4.58. The molecule has 114 valence electrons. The zero-order chi connectivity index (χ0) is 15.0. The maximum Gasteiger partial charge on any atom is 0.391 e. The van der Waals surface area contributed by atoms with Crippen LogP contribution in [0.15, 0.2) is 0 Å². The summed E-state index contributed by atoms with van der Waals surface area (Å²) in [6.07, 6.45) is -1.18. The number of rotatable bonds is 2. The number of alkyl halides is 3. The lowest BCUT2D eigenvalue weighted by molar-refractivity contribution is -0.187. The van der Waals surface area contributed by atoms with Gasteiger partial charge in [-0.3, -0.25) is 4.79 Å². The first-order valence-corrected chi connectivity index (χ1v) is 7.34. The van der Waals surface area contributed by atoms with E-state index in [-0.39, 0.29) is 36.8 Å². The van der Waals surface area contributed by atoms with E-state index in [1.165, 1.54) is 4.90 Å². The molecule has 0 aromatic carbocycles. The average molecular weight is 308 g/mol. The van der Waals surface area contributed by atoms with Crippen LogP contribution < -0.4 is 5.73 Å². The summed E-state index contributed by atoms with van der Waals surface area (Å²) in [5.41, 5.74) is 4.94. The summed E-state index contributed by atoms with van der Waals surface area (Å²) >= 11 is 5.05. The van der Waals surface area contributed by atoms with Crippen LogP contribution >= 0.6 is 12.2 Å². The highest BCUT2D eigenvalue weighted by molar-refractivity contribution is 7.80. The number of nitrogens with zero attached hydrogens (tertiary/aromatic N) is 1. The molecule has 1 heterocycles. The number of likely N-dealkylation sites (tertiary alicyclic amines) is 1. The smallest absolute Gasteiger partial charge is 0.391 e. The lowest BCUT2D eigenvalue weighted by Gasteiger charge is -2.38. The van der Waals surface area contributed by atoms with E-state index < -0.39 is 17.5 Å². The molecule has 1 amide bonds. The summed E-state index contributed by atoms with van der Waals surface area (Å²) < 4.78 is 37.9. The van der Waals surface area contributed by atoms with Crippen LogP contribution in [-0.2, 0) is 4.79 Å². The number of carbonyl (C=O) groups excluding carboxylic acids is 1. The van der Waals surface area contributed by atoms with Gasteiger partial charge in [0.1, 0.15) is 0 Å². The first kappa shape index (κ1) is 15.5. The largest absolute Gasteiger partial charge is 0.392 e. The van der Waals surface area contributed by atoms with Gasteiger partial charge in [-0.25, -0.2) is 0 Å². The molecule has 0 atom stereocenters.